The van der Waals surface area contributed by atoms with Crippen LogP contribution in [0.15, 0.2) is 54.1 Å². The van der Waals surface area contributed by atoms with Crippen LogP contribution in [-0.2, 0) is 24.5 Å². The topological polar surface area (TPSA) is 52.6 Å². The molecule has 0 heterocycles. The van der Waals surface area contributed by atoms with E-state index in [1.54, 1.807) is 0 Å². The second kappa shape index (κ2) is 6.87. The molecule has 0 spiro atoms. The molecule has 0 bridgehead atoms. The van der Waals surface area contributed by atoms with Crippen molar-refractivity contribution in [2.45, 2.75) is 32.1 Å². The van der Waals surface area contributed by atoms with E-state index in [2.05, 4.69) is 50.3 Å². The zero-order valence-electron chi connectivity index (χ0n) is 17.3. The summed E-state index contributed by atoms with van der Waals surface area (Å²) in [5.74, 6) is -0.954. The van der Waals surface area contributed by atoms with E-state index < -0.39 is 17.4 Å². The third kappa shape index (κ3) is 2.81. The molecule has 2 aromatic rings. The largest absolute Gasteiger partial charge is 0.468 e. The van der Waals surface area contributed by atoms with E-state index in [0.29, 0.717) is 12.8 Å². The summed E-state index contributed by atoms with van der Waals surface area (Å²) in [6, 6.07) is 16.7. The smallest absolute Gasteiger partial charge is 0.323 e. The summed E-state index contributed by atoms with van der Waals surface area (Å²) < 4.78 is 10.1. The summed E-state index contributed by atoms with van der Waals surface area (Å²) in [5.41, 5.74) is 4.33. The molecule has 29 heavy (non-hydrogen) atoms. The van der Waals surface area contributed by atoms with Crippen molar-refractivity contribution in [3.05, 3.63) is 65.2 Å². The number of carbonyl (C=O) groups is 2. The quantitative estimate of drug-likeness (QED) is 0.560. The number of hydrogen-bond acceptors (Lipinski definition) is 4. The van der Waals surface area contributed by atoms with Gasteiger partial charge in [0.1, 0.15) is 0 Å². The fraction of sp³-hybridized carbons (Fsp3) is 0.360. The molecule has 4 nitrogen and oxygen atoms in total. The highest BCUT2D eigenvalue weighted by molar-refractivity contribution is 6.01. The molecule has 150 valence electrons. The van der Waals surface area contributed by atoms with Gasteiger partial charge >= 0.3 is 11.9 Å². The van der Waals surface area contributed by atoms with Gasteiger partial charge < -0.3 is 9.47 Å². The molecule has 0 N–H and O–H groups in total. The second-order valence-electron chi connectivity index (χ2n) is 8.57. The normalized spacial score (nSPS) is 20.8. The highest BCUT2D eigenvalue weighted by Crippen LogP contribution is 2.58. The lowest BCUT2D eigenvalue weighted by molar-refractivity contribution is -0.168. The van der Waals surface area contributed by atoms with Crippen LogP contribution < -0.4 is 0 Å². The predicted molar refractivity (Wildman–Crippen MR) is 112 cm³/mol. The molecule has 2 aliphatic rings. The van der Waals surface area contributed by atoms with Crippen molar-refractivity contribution in [2.75, 3.05) is 14.2 Å². The Morgan fingerprint density at radius 1 is 0.931 bits per heavy atom. The number of allylic oxidation sites excluding steroid dienone is 1. The number of esters is 2. The SMILES string of the molecule is COC(=O)C1(C(=O)OC)CC2=Cc3c(-c4ccccc4)cccc3C(C)(C)[C@H]2C1. The van der Waals surface area contributed by atoms with Crippen LogP contribution in [-0.4, -0.2) is 26.2 Å². The number of rotatable bonds is 3. The van der Waals surface area contributed by atoms with E-state index in [9.17, 15) is 9.59 Å². The van der Waals surface area contributed by atoms with Crippen LogP contribution in [0.1, 0.15) is 37.8 Å². The van der Waals surface area contributed by atoms with Crippen LogP contribution in [0.3, 0.4) is 0 Å². The maximum atomic E-state index is 12.7. The van der Waals surface area contributed by atoms with Gasteiger partial charge in [-0.2, -0.15) is 0 Å². The van der Waals surface area contributed by atoms with Crippen molar-refractivity contribution in [2.24, 2.45) is 11.3 Å². The summed E-state index contributed by atoms with van der Waals surface area (Å²) in [6.07, 6.45) is 2.92. The standard InChI is InChI=1S/C25H26O4/c1-24(2)20-12-8-11-18(16-9-6-5-7-10-16)19(20)13-17-14-25(15-21(17)24,22(26)28-3)23(27)29-4/h5-13,21H,14-15H2,1-4H3/t21-/m0/s1. The van der Waals surface area contributed by atoms with Crippen molar-refractivity contribution in [3.8, 4) is 11.1 Å². The lowest BCUT2D eigenvalue weighted by atomic mass is 9.65. The van der Waals surface area contributed by atoms with Gasteiger partial charge in [-0.3, -0.25) is 9.59 Å². The van der Waals surface area contributed by atoms with E-state index in [4.69, 9.17) is 9.47 Å². The summed E-state index contributed by atoms with van der Waals surface area (Å²) in [7, 11) is 2.66. The lowest BCUT2D eigenvalue weighted by Crippen LogP contribution is -2.40. The molecular weight excluding hydrogens is 364 g/mol. The van der Waals surface area contributed by atoms with E-state index in [1.807, 2.05) is 18.2 Å². The summed E-state index contributed by atoms with van der Waals surface area (Å²) in [5, 5.41) is 0. The van der Waals surface area contributed by atoms with Crippen molar-refractivity contribution >= 4 is 18.0 Å². The Kier molecular flexibility index (Phi) is 4.60. The van der Waals surface area contributed by atoms with Gasteiger partial charge in [-0.25, -0.2) is 0 Å². The molecule has 0 radical (unpaired) electrons. The third-order valence-corrected chi connectivity index (χ3v) is 6.74. The number of hydrogen-bond donors (Lipinski definition) is 0. The fourth-order valence-corrected chi connectivity index (χ4v) is 5.20. The first-order chi connectivity index (χ1) is 13.8. The first-order valence-corrected chi connectivity index (χ1v) is 9.91. The second-order valence-corrected chi connectivity index (χ2v) is 8.57. The molecular formula is C25H26O4. The number of benzene rings is 2. The van der Waals surface area contributed by atoms with Gasteiger partial charge in [0.25, 0.3) is 0 Å². The maximum Gasteiger partial charge on any atom is 0.323 e. The average Bonchev–Trinajstić information content (AvgIpc) is 3.15. The Bertz CT molecular complexity index is 985. The number of fused-ring (bicyclic) bond motifs is 2. The summed E-state index contributed by atoms with van der Waals surface area (Å²) >= 11 is 0. The van der Waals surface area contributed by atoms with Gasteiger partial charge in [-0.1, -0.05) is 74.0 Å². The highest BCUT2D eigenvalue weighted by Gasteiger charge is 2.59. The highest BCUT2D eigenvalue weighted by atomic mass is 16.5. The van der Waals surface area contributed by atoms with Gasteiger partial charge in [-0.05, 0) is 46.4 Å². The molecule has 2 aliphatic carbocycles. The van der Waals surface area contributed by atoms with Crippen molar-refractivity contribution < 1.29 is 19.1 Å². The van der Waals surface area contributed by atoms with Crippen LogP contribution in [0.2, 0.25) is 0 Å². The molecule has 0 saturated heterocycles. The molecule has 4 rings (SSSR count). The first kappa shape index (κ1) is 19.4. The molecule has 0 unspecified atom stereocenters. The van der Waals surface area contributed by atoms with Crippen LogP contribution in [0.4, 0.5) is 0 Å². The Balaban J connectivity index is 1.88. The fourth-order valence-electron chi connectivity index (χ4n) is 5.20. The molecule has 1 fully saturated rings. The third-order valence-electron chi connectivity index (χ3n) is 6.74. The average molecular weight is 390 g/mol. The minimum Gasteiger partial charge on any atom is -0.468 e. The molecule has 1 atom stereocenters. The van der Waals surface area contributed by atoms with Crippen molar-refractivity contribution in [1.82, 2.24) is 0 Å². The van der Waals surface area contributed by atoms with Crippen LogP contribution >= 0.6 is 0 Å². The number of carbonyl (C=O) groups excluding carboxylic acids is 2. The van der Waals surface area contributed by atoms with E-state index in [0.717, 1.165) is 16.7 Å². The number of ether oxygens (including phenoxy) is 2. The van der Waals surface area contributed by atoms with E-state index >= 15 is 0 Å². The zero-order chi connectivity index (χ0) is 20.8. The van der Waals surface area contributed by atoms with Crippen molar-refractivity contribution in [1.29, 1.82) is 0 Å². The molecule has 1 saturated carbocycles. The molecule has 4 heteroatoms. The van der Waals surface area contributed by atoms with Gasteiger partial charge in [0.15, 0.2) is 5.41 Å². The maximum absolute atomic E-state index is 12.7. The van der Waals surface area contributed by atoms with E-state index in [1.165, 1.54) is 25.3 Å². The lowest BCUT2D eigenvalue weighted by Gasteiger charge is -2.39. The summed E-state index contributed by atoms with van der Waals surface area (Å²) in [6.45, 7) is 4.39. The zero-order valence-corrected chi connectivity index (χ0v) is 17.3. The molecule has 0 aliphatic heterocycles. The minimum atomic E-state index is -1.27. The molecule has 2 aromatic carbocycles. The monoisotopic (exact) mass is 390 g/mol. The Labute approximate surface area is 171 Å². The number of methoxy groups -OCH3 is 2. The van der Waals surface area contributed by atoms with Gasteiger partial charge in [0, 0.05) is 0 Å². The Morgan fingerprint density at radius 3 is 2.21 bits per heavy atom. The van der Waals surface area contributed by atoms with E-state index in [-0.39, 0.29) is 11.3 Å². The van der Waals surface area contributed by atoms with Crippen LogP contribution in [0.5, 0.6) is 0 Å². The van der Waals surface area contributed by atoms with Gasteiger partial charge in [0.2, 0.25) is 0 Å². The molecule has 0 aromatic heterocycles. The van der Waals surface area contributed by atoms with Crippen molar-refractivity contribution in [3.63, 3.8) is 0 Å². The van der Waals surface area contributed by atoms with Crippen LogP contribution in [0.25, 0.3) is 17.2 Å². The van der Waals surface area contributed by atoms with Crippen LogP contribution in [0, 0.1) is 11.3 Å². The summed E-state index contributed by atoms with van der Waals surface area (Å²) in [4.78, 5) is 25.4. The first-order valence-electron chi connectivity index (χ1n) is 9.91. The Morgan fingerprint density at radius 2 is 1.59 bits per heavy atom. The minimum absolute atomic E-state index is 0.0687. The predicted octanol–water partition coefficient (Wildman–Crippen LogP) is 4.77. The Hall–Kier alpha value is -2.88. The molecule has 0 amide bonds. The van der Waals surface area contributed by atoms with Gasteiger partial charge in [-0.15, -0.1) is 0 Å². The van der Waals surface area contributed by atoms with Gasteiger partial charge in [0.05, 0.1) is 14.2 Å².